The number of ether oxygens (including phenoxy) is 1. The number of benzene rings is 1. The topological polar surface area (TPSA) is 66.0 Å². The van der Waals surface area contributed by atoms with Crippen LogP contribution in [0.5, 0.6) is 0 Å². The summed E-state index contributed by atoms with van der Waals surface area (Å²) in [4.78, 5) is 19.6. The van der Waals surface area contributed by atoms with Gasteiger partial charge in [-0.25, -0.2) is 4.99 Å². The molecule has 1 saturated heterocycles. The number of carbonyl (C=O) groups excluding carboxylic acids is 1. The molecule has 2 aliphatic rings. The second-order valence-electron chi connectivity index (χ2n) is 8.20. The molecule has 1 aromatic carbocycles. The van der Waals surface area contributed by atoms with E-state index in [1.807, 2.05) is 6.07 Å². The van der Waals surface area contributed by atoms with E-state index in [1.165, 1.54) is 19.3 Å². The summed E-state index contributed by atoms with van der Waals surface area (Å²) in [6.45, 7) is 5.75. The molecule has 1 atom stereocenters. The van der Waals surface area contributed by atoms with Gasteiger partial charge in [-0.15, -0.1) is 0 Å². The van der Waals surface area contributed by atoms with Gasteiger partial charge in [-0.3, -0.25) is 4.79 Å². The molecule has 1 saturated carbocycles. The van der Waals surface area contributed by atoms with Gasteiger partial charge in [-0.2, -0.15) is 0 Å². The highest BCUT2D eigenvalue weighted by molar-refractivity contribution is 5.81. The molecular weight excluding hydrogens is 364 g/mol. The summed E-state index contributed by atoms with van der Waals surface area (Å²) in [6, 6.07) is 8.60. The predicted octanol–water partition coefficient (Wildman–Crippen LogP) is 3.07. The van der Waals surface area contributed by atoms with Crippen molar-refractivity contribution in [2.75, 3.05) is 26.7 Å². The highest BCUT2D eigenvalue weighted by atomic mass is 16.5. The lowest BCUT2D eigenvalue weighted by Gasteiger charge is -2.26. The number of nitrogens with one attached hydrogen (secondary N) is 2. The largest absolute Gasteiger partial charge is 0.380 e. The van der Waals surface area contributed by atoms with E-state index < -0.39 is 0 Å². The lowest BCUT2D eigenvalue weighted by atomic mass is 9.88. The molecule has 6 nitrogen and oxygen atoms in total. The monoisotopic (exact) mass is 400 g/mol. The van der Waals surface area contributed by atoms with E-state index in [4.69, 9.17) is 9.73 Å². The summed E-state index contributed by atoms with van der Waals surface area (Å²) >= 11 is 0. The smallest absolute Gasteiger partial charge is 0.225 e. The zero-order valence-corrected chi connectivity index (χ0v) is 18.0. The number of rotatable bonds is 7. The zero-order chi connectivity index (χ0) is 20.5. The van der Waals surface area contributed by atoms with E-state index >= 15 is 0 Å². The molecule has 1 unspecified atom stereocenters. The Hall–Kier alpha value is -2.08. The van der Waals surface area contributed by atoms with Gasteiger partial charge in [-0.05, 0) is 37.3 Å². The molecule has 1 aromatic rings. The molecule has 2 fully saturated rings. The Bertz CT molecular complexity index is 685. The molecule has 160 valence electrons. The highest BCUT2D eigenvalue weighted by Crippen LogP contribution is 2.26. The minimum absolute atomic E-state index is 0.254. The number of hydrogen-bond acceptors (Lipinski definition) is 3. The van der Waals surface area contributed by atoms with Gasteiger partial charge in [0.25, 0.3) is 0 Å². The molecule has 1 heterocycles. The van der Waals surface area contributed by atoms with Crippen molar-refractivity contribution in [3.8, 4) is 0 Å². The number of hydrogen-bond donors (Lipinski definition) is 2. The maximum absolute atomic E-state index is 12.8. The highest BCUT2D eigenvalue weighted by Gasteiger charge is 2.31. The van der Waals surface area contributed by atoms with Crippen LogP contribution in [0.2, 0.25) is 0 Å². The number of aliphatic imine (C=N–C) groups is 1. The minimum Gasteiger partial charge on any atom is -0.380 e. The molecule has 3 rings (SSSR count). The van der Waals surface area contributed by atoms with Crippen LogP contribution in [0.3, 0.4) is 0 Å². The Balaban J connectivity index is 1.54. The third-order valence-corrected chi connectivity index (χ3v) is 5.86. The first kappa shape index (κ1) is 21.6. The van der Waals surface area contributed by atoms with Crippen LogP contribution in [0.1, 0.15) is 56.6 Å². The fraction of sp³-hybridized carbons (Fsp3) is 0.652. The Morgan fingerprint density at radius 1 is 1.21 bits per heavy atom. The Kier molecular flexibility index (Phi) is 8.35. The fourth-order valence-electron chi connectivity index (χ4n) is 4.35. The second-order valence-corrected chi connectivity index (χ2v) is 8.20. The molecule has 29 heavy (non-hydrogen) atoms. The summed E-state index contributed by atoms with van der Waals surface area (Å²) in [7, 11) is 1.71. The predicted molar refractivity (Wildman–Crippen MR) is 117 cm³/mol. The fourth-order valence-corrected chi connectivity index (χ4v) is 4.35. The molecule has 1 aliphatic carbocycles. The van der Waals surface area contributed by atoms with Gasteiger partial charge in [0, 0.05) is 38.7 Å². The lowest BCUT2D eigenvalue weighted by Crippen LogP contribution is -2.45. The second kappa shape index (κ2) is 11.2. The molecular formula is C23H36N4O2. The molecule has 1 amide bonds. The summed E-state index contributed by atoms with van der Waals surface area (Å²) in [5, 5.41) is 6.87. The van der Waals surface area contributed by atoms with Crippen molar-refractivity contribution in [3.05, 3.63) is 35.4 Å². The van der Waals surface area contributed by atoms with Crippen LogP contribution < -0.4 is 10.6 Å². The minimum atomic E-state index is 0.254. The van der Waals surface area contributed by atoms with E-state index in [0.29, 0.717) is 19.1 Å². The van der Waals surface area contributed by atoms with Crippen LogP contribution in [-0.2, 0) is 22.7 Å². The average molecular weight is 401 g/mol. The molecule has 1 aliphatic heterocycles. The Morgan fingerprint density at radius 3 is 2.76 bits per heavy atom. The quantitative estimate of drug-likeness (QED) is 0.545. The summed E-state index contributed by atoms with van der Waals surface area (Å²) in [5.74, 6) is 1.44. The molecule has 0 bridgehead atoms. The maximum atomic E-state index is 12.8. The van der Waals surface area contributed by atoms with Crippen LogP contribution >= 0.6 is 0 Å². The first-order valence-electron chi connectivity index (χ1n) is 11.1. The standard InChI is InChI=1S/C23H36N4O2/c1-3-24-23(25-15-18-8-7-9-19(14-18)17-29-2)26-21-12-13-27(16-21)22(28)20-10-5-4-6-11-20/h7-9,14,20-21H,3-6,10-13,15-17H2,1-2H3,(H2,24,25,26). The molecule has 2 N–H and O–H groups in total. The Morgan fingerprint density at radius 2 is 2.00 bits per heavy atom. The van der Waals surface area contributed by atoms with Crippen LogP contribution in [0.4, 0.5) is 0 Å². The van der Waals surface area contributed by atoms with Crippen LogP contribution in [0, 0.1) is 5.92 Å². The van der Waals surface area contributed by atoms with Gasteiger partial charge < -0.3 is 20.3 Å². The lowest BCUT2D eigenvalue weighted by molar-refractivity contribution is -0.135. The van der Waals surface area contributed by atoms with Crippen molar-refractivity contribution in [3.63, 3.8) is 0 Å². The molecule has 0 spiro atoms. The van der Waals surface area contributed by atoms with Crippen LogP contribution in [-0.4, -0.2) is 49.6 Å². The van der Waals surface area contributed by atoms with Crippen molar-refractivity contribution in [1.82, 2.24) is 15.5 Å². The number of nitrogens with zero attached hydrogens (tertiary/aromatic N) is 2. The van der Waals surface area contributed by atoms with Gasteiger partial charge in [0.2, 0.25) is 5.91 Å². The van der Waals surface area contributed by atoms with Gasteiger partial charge in [0.15, 0.2) is 5.96 Å². The zero-order valence-electron chi connectivity index (χ0n) is 18.0. The number of likely N-dealkylation sites (tertiary alicyclic amines) is 1. The number of methoxy groups -OCH3 is 1. The third-order valence-electron chi connectivity index (χ3n) is 5.86. The van der Waals surface area contributed by atoms with Crippen molar-refractivity contribution >= 4 is 11.9 Å². The average Bonchev–Trinajstić information content (AvgIpc) is 3.21. The number of amides is 1. The first-order chi connectivity index (χ1) is 14.2. The number of guanidine groups is 1. The SMILES string of the molecule is CCNC(=NCc1cccc(COC)c1)NC1CCN(C(=O)C2CCCCC2)C1. The maximum Gasteiger partial charge on any atom is 0.225 e. The van der Waals surface area contributed by atoms with E-state index in [0.717, 1.165) is 56.0 Å². The Labute approximate surface area is 175 Å². The third kappa shape index (κ3) is 6.46. The van der Waals surface area contributed by atoms with Crippen molar-refractivity contribution in [2.24, 2.45) is 10.9 Å². The van der Waals surface area contributed by atoms with E-state index in [-0.39, 0.29) is 12.0 Å². The van der Waals surface area contributed by atoms with Crippen molar-refractivity contribution in [1.29, 1.82) is 0 Å². The van der Waals surface area contributed by atoms with Crippen molar-refractivity contribution in [2.45, 2.75) is 64.6 Å². The first-order valence-corrected chi connectivity index (χ1v) is 11.1. The molecule has 0 aromatic heterocycles. The van der Waals surface area contributed by atoms with Gasteiger partial charge in [0.1, 0.15) is 0 Å². The van der Waals surface area contributed by atoms with Gasteiger partial charge in [-0.1, -0.05) is 43.5 Å². The normalized spacial score (nSPS) is 20.7. The summed E-state index contributed by atoms with van der Waals surface area (Å²) < 4.78 is 5.22. The van der Waals surface area contributed by atoms with Gasteiger partial charge in [0.05, 0.1) is 13.2 Å². The molecule has 0 radical (unpaired) electrons. The molecule has 6 heteroatoms. The van der Waals surface area contributed by atoms with Crippen LogP contribution in [0.25, 0.3) is 0 Å². The summed E-state index contributed by atoms with van der Waals surface area (Å²) in [6.07, 6.45) is 6.81. The van der Waals surface area contributed by atoms with E-state index in [2.05, 4.69) is 40.7 Å². The number of carbonyl (C=O) groups is 1. The van der Waals surface area contributed by atoms with Gasteiger partial charge >= 0.3 is 0 Å². The van der Waals surface area contributed by atoms with Crippen LogP contribution in [0.15, 0.2) is 29.3 Å². The van der Waals surface area contributed by atoms with Crippen molar-refractivity contribution < 1.29 is 9.53 Å². The van der Waals surface area contributed by atoms with E-state index in [1.54, 1.807) is 7.11 Å². The summed E-state index contributed by atoms with van der Waals surface area (Å²) in [5.41, 5.74) is 2.32. The van der Waals surface area contributed by atoms with E-state index in [9.17, 15) is 4.79 Å².